The van der Waals surface area contributed by atoms with Crippen molar-refractivity contribution < 1.29 is 0 Å². The second-order valence-electron chi connectivity index (χ2n) is 6.06. The largest absolute Gasteiger partial charge is 0.266 e. The predicted molar refractivity (Wildman–Crippen MR) is 111 cm³/mol. The third kappa shape index (κ3) is 2.55. The molecule has 4 aromatic rings. The molecule has 2 heterocycles. The second kappa shape index (κ2) is 6.16. The summed E-state index contributed by atoms with van der Waals surface area (Å²) in [5, 5.41) is 6.93. The number of rotatable bonds is 2. The van der Waals surface area contributed by atoms with E-state index < -0.39 is 0 Å². The van der Waals surface area contributed by atoms with Crippen molar-refractivity contribution in [1.82, 2.24) is 10.1 Å². The molecule has 5 heteroatoms. The zero-order valence-electron chi connectivity index (χ0n) is 13.7. The number of hydrogen-bond donors (Lipinski definition) is 1. The lowest BCUT2D eigenvalue weighted by atomic mass is 10.0. The number of thiophene rings is 1. The molecule has 0 aliphatic carbocycles. The molecule has 0 unspecified atom stereocenters. The van der Waals surface area contributed by atoms with Gasteiger partial charge >= 0.3 is 0 Å². The van der Waals surface area contributed by atoms with Gasteiger partial charge in [0.2, 0.25) is 0 Å². The number of fused-ring (bicyclic) bond motifs is 3. The van der Waals surface area contributed by atoms with Gasteiger partial charge in [0.1, 0.15) is 0 Å². The second-order valence-corrected chi connectivity index (χ2v) is 7.43. The molecule has 1 N–H and O–H groups in total. The number of benzene rings is 3. The van der Waals surface area contributed by atoms with E-state index in [0.29, 0.717) is 0 Å². The summed E-state index contributed by atoms with van der Waals surface area (Å²) >= 11 is 8.03. The third-order valence-corrected chi connectivity index (χ3v) is 5.83. The van der Waals surface area contributed by atoms with Gasteiger partial charge in [0.05, 0.1) is 23.2 Å². The topological polar surface area (TPSA) is 27.6 Å². The van der Waals surface area contributed by atoms with E-state index in [1.54, 1.807) is 11.3 Å². The van der Waals surface area contributed by atoms with E-state index in [-0.39, 0.29) is 0 Å². The van der Waals surface area contributed by atoms with Crippen LogP contribution in [0.15, 0.2) is 84.0 Å². The van der Waals surface area contributed by atoms with E-state index in [2.05, 4.69) is 53.0 Å². The van der Waals surface area contributed by atoms with Crippen LogP contribution in [0.5, 0.6) is 0 Å². The van der Waals surface area contributed by atoms with Crippen LogP contribution in [-0.2, 0) is 0 Å². The van der Waals surface area contributed by atoms with Crippen molar-refractivity contribution in [2.75, 3.05) is 0 Å². The highest BCUT2D eigenvalue weighted by atomic mass is 35.5. The van der Waals surface area contributed by atoms with E-state index >= 15 is 0 Å². The van der Waals surface area contributed by atoms with Gasteiger partial charge in [-0.3, -0.25) is 5.43 Å². The van der Waals surface area contributed by atoms with Crippen LogP contribution in [-0.4, -0.2) is 10.3 Å². The minimum Gasteiger partial charge on any atom is -0.266 e. The molecule has 0 spiro atoms. The summed E-state index contributed by atoms with van der Waals surface area (Å²) in [5.41, 5.74) is 7.06. The van der Waals surface area contributed by atoms with Crippen molar-refractivity contribution in [3.63, 3.8) is 0 Å². The summed E-state index contributed by atoms with van der Waals surface area (Å²) in [6.45, 7) is 0. The summed E-state index contributed by atoms with van der Waals surface area (Å²) < 4.78 is 3.78. The molecule has 1 aliphatic rings. The number of allylic oxidation sites excluding steroid dienone is 1. The van der Waals surface area contributed by atoms with Crippen LogP contribution in [0.2, 0.25) is 0 Å². The monoisotopic (exact) mass is 375 g/mol. The van der Waals surface area contributed by atoms with E-state index in [1.807, 2.05) is 36.4 Å². The fourth-order valence-electron chi connectivity index (χ4n) is 3.26. The number of hydrogen-bond acceptors (Lipinski definition) is 4. The Labute approximate surface area is 159 Å². The average molecular weight is 376 g/mol. The molecule has 0 bridgehead atoms. The average Bonchev–Trinajstić information content (AvgIpc) is 3.07. The van der Waals surface area contributed by atoms with Crippen LogP contribution in [0.3, 0.4) is 0 Å². The Hall–Kier alpha value is -2.82. The van der Waals surface area contributed by atoms with Gasteiger partial charge in [-0.1, -0.05) is 66.7 Å². The lowest BCUT2D eigenvalue weighted by molar-refractivity contribution is 0.424. The summed E-state index contributed by atoms with van der Waals surface area (Å²) in [6, 6.07) is 24.9. The molecule has 0 radical (unpaired) electrons. The fourth-order valence-corrected chi connectivity index (χ4v) is 4.67. The molecule has 26 heavy (non-hydrogen) atoms. The highest BCUT2D eigenvalue weighted by Gasteiger charge is 2.17. The molecule has 0 amide bonds. The Morgan fingerprint density at radius 1 is 0.846 bits per heavy atom. The van der Waals surface area contributed by atoms with Crippen molar-refractivity contribution in [3.8, 4) is 0 Å². The summed E-state index contributed by atoms with van der Waals surface area (Å²) in [5.74, 6) is 0. The van der Waals surface area contributed by atoms with Crippen LogP contribution in [0, 0.1) is 0 Å². The van der Waals surface area contributed by atoms with Gasteiger partial charge in [-0.25, -0.2) is 0 Å². The molecule has 5 rings (SSSR count). The zero-order valence-corrected chi connectivity index (χ0v) is 15.3. The minimum atomic E-state index is 0.826. The van der Waals surface area contributed by atoms with Crippen LogP contribution >= 0.6 is 23.1 Å². The van der Waals surface area contributed by atoms with Gasteiger partial charge in [-0.05, 0) is 12.1 Å². The van der Waals surface area contributed by atoms with Crippen LogP contribution in [0.25, 0.3) is 25.9 Å². The first-order valence-corrected chi connectivity index (χ1v) is 9.44. The highest BCUT2D eigenvalue weighted by molar-refractivity contribution is 7.26. The SMILES string of the molecule is ClN1N=C(c2ccccc2)C=C(c2cccc3c2sc2ccccc23)N1. The minimum absolute atomic E-state index is 0.826. The van der Waals surface area contributed by atoms with Gasteiger partial charge in [-0.2, -0.15) is 0 Å². The summed E-state index contributed by atoms with van der Waals surface area (Å²) in [6.07, 6.45) is 2.05. The van der Waals surface area contributed by atoms with Crippen molar-refractivity contribution in [1.29, 1.82) is 0 Å². The quantitative estimate of drug-likeness (QED) is 0.450. The molecule has 0 fully saturated rings. The number of hydrazone groups is 1. The maximum Gasteiger partial charge on any atom is 0.0960 e. The van der Waals surface area contributed by atoms with Crippen LogP contribution < -0.4 is 5.43 Å². The molecule has 0 saturated heterocycles. The smallest absolute Gasteiger partial charge is 0.0960 e. The number of nitrogens with one attached hydrogen (secondary N) is 1. The van der Waals surface area contributed by atoms with Crippen molar-refractivity contribution in [2.45, 2.75) is 0 Å². The van der Waals surface area contributed by atoms with Gasteiger partial charge in [-0.15, -0.1) is 21.1 Å². The molecule has 1 aliphatic heterocycles. The number of halogens is 1. The van der Waals surface area contributed by atoms with Gasteiger partial charge < -0.3 is 0 Å². The van der Waals surface area contributed by atoms with Gasteiger partial charge in [0, 0.05) is 31.3 Å². The van der Waals surface area contributed by atoms with Crippen molar-refractivity contribution in [2.24, 2.45) is 5.10 Å². The Balaban J connectivity index is 1.70. The maximum atomic E-state index is 6.23. The Kier molecular flexibility index (Phi) is 3.66. The first-order valence-electron chi connectivity index (χ1n) is 8.28. The predicted octanol–water partition coefficient (Wildman–Crippen LogP) is 5.77. The van der Waals surface area contributed by atoms with Crippen LogP contribution in [0.4, 0.5) is 0 Å². The van der Waals surface area contributed by atoms with E-state index in [0.717, 1.165) is 22.5 Å². The Morgan fingerprint density at radius 3 is 2.50 bits per heavy atom. The standard InChI is InChI=1S/C21H14ClN3S/c22-25-23-18(14-7-2-1-3-8-14)13-19(24-25)17-11-6-10-16-15-9-4-5-12-20(15)26-21(16)17/h1-13,24H. The lowest BCUT2D eigenvalue weighted by Gasteiger charge is -2.22. The van der Waals surface area contributed by atoms with E-state index in [1.165, 1.54) is 24.8 Å². The van der Waals surface area contributed by atoms with Crippen molar-refractivity contribution >= 4 is 54.7 Å². The Morgan fingerprint density at radius 2 is 1.62 bits per heavy atom. The molecule has 126 valence electrons. The van der Waals surface area contributed by atoms with Crippen molar-refractivity contribution in [3.05, 3.63) is 90.0 Å². The van der Waals surface area contributed by atoms with Crippen LogP contribution in [0.1, 0.15) is 11.1 Å². The molecule has 1 aromatic heterocycles. The lowest BCUT2D eigenvalue weighted by Crippen LogP contribution is -2.29. The summed E-state index contributed by atoms with van der Waals surface area (Å²) in [7, 11) is 0. The zero-order chi connectivity index (χ0) is 17.5. The molecule has 0 saturated carbocycles. The number of nitrogens with zero attached hydrogens (tertiary/aromatic N) is 2. The molecule has 0 atom stereocenters. The normalized spacial score (nSPS) is 14.3. The number of hydrazine groups is 1. The van der Waals surface area contributed by atoms with E-state index in [4.69, 9.17) is 11.8 Å². The first-order chi connectivity index (χ1) is 12.8. The molecular formula is C21H14ClN3S. The molecular weight excluding hydrogens is 362 g/mol. The molecule has 3 nitrogen and oxygen atoms in total. The Bertz CT molecular complexity index is 1180. The van der Waals surface area contributed by atoms with Gasteiger partial charge in [0.25, 0.3) is 0 Å². The molecule has 3 aromatic carbocycles. The van der Waals surface area contributed by atoms with Gasteiger partial charge in [0.15, 0.2) is 0 Å². The van der Waals surface area contributed by atoms with E-state index in [9.17, 15) is 0 Å². The third-order valence-electron chi connectivity index (χ3n) is 4.45. The maximum absolute atomic E-state index is 6.23. The highest BCUT2D eigenvalue weighted by Crippen LogP contribution is 2.38. The first kappa shape index (κ1) is 15.4. The fraction of sp³-hybridized carbons (Fsp3) is 0. The summed E-state index contributed by atoms with van der Waals surface area (Å²) in [4.78, 5) is 0.